The zero-order valence-corrected chi connectivity index (χ0v) is 33.2. The van der Waals surface area contributed by atoms with Gasteiger partial charge in [-0.05, 0) is 99.8 Å². The minimum absolute atomic E-state index is 0.849. The largest absolute Gasteiger partial charge is 0.455 e. The van der Waals surface area contributed by atoms with Gasteiger partial charge in [-0.1, -0.05) is 164 Å². The van der Waals surface area contributed by atoms with Gasteiger partial charge in [0.25, 0.3) is 0 Å². The molecule has 0 spiro atoms. The van der Waals surface area contributed by atoms with Crippen molar-refractivity contribution in [3.8, 4) is 39.1 Å². The molecule has 0 radical (unpaired) electrons. The minimum atomic E-state index is 0.849. The van der Waals surface area contributed by atoms with Crippen molar-refractivity contribution in [3.63, 3.8) is 0 Å². The monoisotopic (exact) mass is 778 g/mol. The summed E-state index contributed by atoms with van der Waals surface area (Å²) < 4.78 is 9.44. The molecule has 3 heteroatoms. The highest BCUT2D eigenvalue weighted by Gasteiger charge is 2.24. The van der Waals surface area contributed by atoms with E-state index in [0.717, 1.165) is 66.9 Å². The number of furan rings is 1. The summed E-state index contributed by atoms with van der Waals surface area (Å²) in [5, 5.41) is 7.05. The highest BCUT2D eigenvalue weighted by Crippen LogP contribution is 2.48. The SMILES string of the molecule is c1ccc(-c2cccc(N(c3cccc(-c4ccc5ccccc5c4)c3)c3ccc(-c4ccccc4-n4c5ccccc5c5ccccc54)c4oc5ccccc5c34)c2)cc1. The molecule has 0 amide bonds. The molecule has 10 aromatic carbocycles. The summed E-state index contributed by atoms with van der Waals surface area (Å²) in [5.74, 6) is 0. The molecule has 0 aliphatic heterocycles. The van der Waals surface area contributed by atoms with Gasteiger partial charge in [-0.3, -0.25) is 0 Å². The van der Waals surface area contributed by atoms with E-state index in [1.807, 2.05) is 0 Å². The van der Waals surface area contributed by atoms with E-state index in [9.17, 15) is 0 Å². The van der Waals surface area contributed by atoms with E-state index in [0.29, 0.717) is 0 Å². The number of para-hydroxylation sites is 4. The van der Waals surface area contributed by atoms with Gasteiger partial charge >= 0.3 is 0 Å². The normalized spacial score (nSPS) is 11.6. The van der Waals surface area contributed by atoms with Crippen molar-refractivity contribution in [1.82, 2.24) is 4.57 Å². The highest BCUT2D eigenvalue weighted by atomic mass is 16.3. The summed E-state index contributed by atoms with van der Waals surface area (Å²) in [6.07, 6.45) is 0. The first kappa shape index (κ1) is 34.9. The maximum absolute atomic E-state index is 7.04. The lowest BCUT2D eigenvalue weighted by Crippen LogP contribution is -2.11. The molecule has 2 aromatic heterocycles. The number of anilines is 3. The number of nitrogens with zero attached hydrogens (tertiary/aromatic N) is 2. The first-order valence-electron chi connectivity index (χ1n) is 20.8. The lowest BCUT2D eigenvalue weighted by Gasteiger charge is -2.28. The predicted octanol–water partition coefficient (Wildman–Crippen LogP) is 16.3. The van der Waals surface area contributed by atoms with Crippen molar-refractivity contribution in [3.05, 3.63) is 231 Å². The Morgan fingerprint density at radius 1 is 0.361 bits per heavy atom. The van der Waals surface area contributed by atoms with Gasteiger partial charge in [0.2, 0.25) is 0 Å². The molecule has 0 saturated heterocycles. The standard InChI is InChI=1S/C58H38N2O/c1-2-16-39(17-3-1)42-20-14-22-45(37-42)59(46-23-15-21-43(38-46)44-33-32-40-18-4-5-19-41(40)36-44)55-35-34-50(58-57(55)51-27-9-13-31-56(51)61-58)49-26-8-12-30-54(49)60-52-28-10-6-24-47(52)48-25-7-11-29-53(48)60/h1-38H. The fourth-order valence-corrected chi connectivity index (χ4v) is 9.36. The summed E-state index contributed by atoms with van der Waals surface area (Å²) in [6, 6.07) is 82.9. The second kappa shape index (κ2) is 14.3. The van der Waals surface area contributed by atoms with Crippen molar-refractivity contribution in [1.29, 1.82) is 0 Å². The second-order valence-corrected chi connectivity index (χ2v) is 15.7. The number of hydrogen-bond donors (Lipinski definition) is 0. The molecule has 12 rings (SSSR count). The van der Waals surface area contributed by atoms with Crippen LogP contribution in [0.5, 0.6) is 0 Å². The fourth-order valence-electron chi connectivity index (χ4n) is 9.36. The van der Waals surface area contributed by atoms with Crippen LogP contribution in [0, 0.1) is 0 Å². The molecular formula is C58H38N2O. The third-order valence-corrected chi connectivity index (χ3v) is 12.2. The molecular weight excluding hydrogens is 741 g/mol. The highest BCUT2D eigenvalue weighted by molar-refractivity contribution is 6.18. The molecule has 0 fully saturated rings. The molecule has 12 aromatic rings. The van der Waals surface area contributed by atoms with Gasteiger partial charge in [-0.15, -0.1) is 0 Å². The molecule has 0 atom stereocenters. The summed E-state index contributed by atoms with van der Waals surface area (Å²) in [7, 11) is 0. The Kier molecular flexibility index (Phi) is 8.17. The maximum Gasteiger partial charge on any atom is 0.145 e. The van der Waals surface area contributed by atoms with Crippen molar-refractivity contribution in [2.75, 3.05) is 4.90 Å². The van der Waals surface area contributed by atoms with Crippen LogP contribution < -0.4 is 4.90 Å². The summed E-state index contributed by atoms with van der Waals surface area (Å²) in [6.45, 7) is 0. The Balaban J connectivity index is 1.11. The third kappa shape index (κ3) is 5.82. The van der Waals surface area contributed by atoms with Crippen molar-refractivity contribution >= 4 is 71.6 Å². The first-order chi connectivity index (χ1) is 30.3. The van der Waals surface area contributed by atoms with Crippen LogP contribution in [0.3, 0.4) is 0 Å². The van der Waals surface area contributed by atoms with Crippen molar-refractivity contribution < 1.29 is 4.42 Å². The molecule has 0 bridgehead atoms. The van der Waals surface area contributed by atoms with Crippen LogP contribution in [0.4, 0.5) is 17.1 Å². The molecule has 0 N–H and O–H groups in total. The molecule has 0 aliphatic rings. The summed E-state index contributed by atoms with van der Waals surface area (Å²) in [5.41, 5.74) is 15.1. The quantitative estimate of drug-likeness (QED) is 0.161. The fraction of sp³-hybridized carbons (Fsp3) is 0. The smallest absolute Gasteiger partial charge is 0.145 e. The molecule has 0 unspecified atom stereocenters. The lowest BCUT2D eigenvalue weighted by atomic mass is 9.97. The van der Waals surface area contributed by atoms with E-state index in [1.165, 1.54) is 43.7 Å². The zero-order chi connectivity index (χ0) is 40.3. The molecule has 2 heterocycles. The number of fused-ring (bicyclic) bond motifs is 7. The van der Waals surface area contributed by atoms with Crippen LogP contribution in [0.2, 0.25) is 0 Å². The minimum Gasteiger partial charge on any atom is -0.455 e. The third-order valence-electron chi connectivity index (χ3n) is 12.2. The van der Waals surface area contributed by atoms with Crippen LogP contribution in [0.15, 0.2) is 235 Å². The maximum atomic E-state index is 7.04. The Bertz CT molecular complexity index is 3560. The second-order valence-electron chi connectivity index (χ2n) is 15.7. The van der Waals surface area contributed by atoms with Gasteiger partial charge in [-0.2, -0.15) is 0 Å². The van der Waals surface area contributed by atoms with E-state index in [4.69, 9.17) is 4.42 Å². The Labute approximate surface area is 353 Å². The Morgan fingerprint density at radius 2 is 0.934 bits per heavy atom. The van der Waals surface area contributed by atoms with Gasteiger partial charge in [-0.25, -0.2) is 0 Å². The number of aromatic nitrogens is 1. The van der Waals surface area contributed by atoms with Crippen LogP contribution in [0.1, 0.15) is 0 Å². The van der Waals surface area contributed by atoms with E-state index in [2.05, 4.69) is 240 Å². The average Bonchev–Trinajstić information content (AvgIpc) is 3.89. The number of hydrogen-bond acceptors (Lipinski definition) is 2. The average molecular weight is 779 g/mol. The first-order valence-corrected chi connectivity index (χ1v) is 20.8. The number of rotatable bonds is 7. The molecule has 0 saturated carbocycles. The van der Waals surface area contributed by atoms with Crippen LogP contribution in [-0.4, -0.2) is 4.57 Å². The van der Waals surface area contributed by atoms with E-state index >= 15 is 0 Å². The molecule has 286 valence electrons. The van der Waals surface area contributed by atoms with Gasteiger partial charge in [0, 0.05) is 38.7 Å². The topological polar surface area (TPSA) is 21.3 Å². The van der Waals surface area contributed by atoms with Gasteiger partial charge in [0.1, 0.15) is 11.2 Å². The summed E-state index contributed by atoms with van der Waals surface area (Å²) in [4.78, 5) is 2.41. The van der Waals surface area contributed by atoms with Gasteiger partial charge in [0.05, 0.1) is 27.8 Å². The van der Waals surface area contributed by atoms with Gasteiger partial charge < -0.3 is 13.9 Å². The molecule has 0 aliphatic carbocycles. The van der Waals surface area contributed by atoms with Gasteiger partial charge in [0.15, 0.2) is 0 Å². The molecule has 3 nitrogen and oxygen atoms in total. The van der Waals surface area contributed by atoms with E-state index < -0.39 is 0 Å². The molecule has 61 heavy (non-hydrogen) atoms. The predicted molar refractivity (Wildman–Crippen MR) is 257 cm³/mol. The van der Waals surface area contributed by atoms with Crippen molar-refractivity contribution in [2.24, 2.45) is 0 Å². The van der Waals surface area contributed by atoms with Crippen molar-refractivity contribution in [2.45, 2.75) is 0 Å². The van der Waals surface area contributed by atoms with Crippen LogP contribution in [0.25, 0.3) is 93.6 Å². The lowest BCUT2D eigenvalue weighted by molar-refractivity contribution is 0.670. The van der Waals surface area contributed by atoms with Crippen LogP contribution >= 0.6 is 0 Å². The van der Waals surface area contributed by atoms with E-state index in [1.54, 1.807) is 0 Å². The Hall–Kier alpha value is -8.14. The number of benzene rings is 10. The van der Waals surface area contributed by atoms with Crippen LogP contribution in [-0.2, 0) is 0 Å². The zero-order valence-electron chi connectivity index (χ0n) is 33.2. The Morgan fingerprint density at radius 3 is 1.69 bits per heavy atom. The summed E-state index contributed by atoms with van der Waals surface area (Å²) >= 11 is 0. The van der Waals surface area contributed by atoms with E-state index in [-0.39, 0.29) is 0 Å².